The molecule has 0 aliphatic carbocycles. The second-order valence-corrected chi connectivity index (χ2v) is 7.74. The highest BCUT2D eigenvalue weighted by Gasteiger charge is 2.22. The molecule has 7 N–H and O–H groups in total. The van der Waals surface area contributed by atoms with Gasteiger partial charge in [-0.1, -0.05) is 42.5 Å². The van der Waals surface area contributed by atoms with E-state index in [0.717, 1.165) is 12.3 Å². The third-order valence-electron chi connectivity index (χ3n) is 4.21. The van der Waals surface area contributed by atoms with E-state index in [-0.39, 0.29) is 6.04 Å². The molecule has 0 spiro atoms. The molecule has 0 saturated carbocycles. The van der Waals surface area contributed by atoms with Gasteiger partial charge in [0.1, 0.15) is 0 Å². The minimum Gasteiger partial charge on any atom is -0.478 e. The highest BCUT2D eigenvalue weighted by Crippen LogP contribution is 2.38. The number of thioether (sulfide) groups is 1. The van der Waals surface area contributed by atoms with Gasteiger partial charge in [-0.3, -0.25) is 0 Å². The summed E-state index contributed by atoms with van der Waals surface area (Å²) in [6.45, 7) is 1.49. The first kappa shape index (κ1) is 29.1. The number of hydrogen-bond donors (Lipinski definition) is 6. The molecule has 2 aromatic carbocycles. The van der Waals surface area contributed by atoms with E-state index < -0.39 is 23.9 Å². The molecule has 1 unspecified atom stereocenters. The molecular formula is C24H26N2O8S. The van der Waals surface area contributed by atoms with Crippen molar-refractivity contribution >= 4 is 35.6 Å². The summed E-state index contributed by atoms with van der Waals surface area (Å²) < 4.78 is 0. The first-order valence-corrected chi connectivity index (χ1v) is 11.1. The van der Waals surface area contributed by atoms with Crippen LogP contribution >= 0.6 is 11.8 Å². The van der Waals surface area contributed by atoms with Crippen LogP contribution in [0.25, 0.3) is 0 Å². The zero-order valence-corrected chi connectivity index (χ0v) is 19.4. The quantitative estimate of drug-likeness (QED) is 0.305. The van der Waals surface area contributed by atoms with E-state index in [1.807, 2.05) is 11.8 Å². The largest absolute Gasteiger partial charge is 0.478 e. The summed E-state index contributed by atoms with van der Waals surface area (Å²) in [4.78, 5) is 39.6. The summed E-state index contributed by atoms with van der Waals surface area (Å²) in [7, 11) is 0. The van der Waals surface area contributed by atoms with Gasteiger partial charge in [0.05, 0.1) is 6.04 Å². The standard InChI is InChI=1S/C16H18N2S.2C4H4O4/c17-9-10-18-16-13-6-2-1-5-12(13)11-19-15-8-4-3-7-14(15)16;2*5-3(6)1-2-4(7)8/h1-8,16,18H,9-11,17H2;2*1-2H,(H,5,6)(H,7,8)/b;2*2-1+. The van der Waals surface area contributed by atoms with E-state index in [4.69, 9.17) is 26.2 Å². The van der Waals surface area contributed by atoms with Crippen molar-refractivity contribution < 1.29 is 39.6 Å². The number of nitrogens with two attached hydrogens (primary N) is 1. The number of carboxylic acids is 4. The van der Waals surface area contributed by atoms with Gasteiger partial charge >= 0.3 is 23.9 Å². The predicted octanol–water partition coefficient (Wildman–Crippen LogP) is 2.35. The predicted molar refractivity (Wildman–Crippen MR) is 130 cm³/mol. The lowest BCUT2D eigenvalue weighted by molar-refractivity contribution is -0.134. The van der Waals surface area contributed by atoms with E-state index >= 15 is 0 Å². The van der Waals surface area contributed by atoms with Gasteiger partial charge in [-0.25, -0.2) is 19.2 Å². The second kappa shape index (κ2) is 15.8. The first-order valence-electron chi connectivity index (χ1n) is 10.2. The average molecular weight is 503 g/mol. The Labute approximate surface area is 205 Å². The summed E-state index contributed by atoms with van der Waals surface area (Å²) in [5.41, 5.74) is 9.82. The van der Waals surface area contributed by atoms with Gasteiger partial charge in [-0.05, 0) is 22.8 Å². The number of fused-ring (bicyclic) bond motifs is 2. The smallest absolute Gasteiger partial charge is 0.328 e. The van der Waals surface area contributed by atoms with Crippen molar-refractivity contribution in [3.63, 3.8) is 0 Å². The minimum absolute atomic E-state index is 0.256. The number of hydrogen-bond acceptors (Lipinski definition) is 7. The number of nitrogens with one attached hydrogen (secondary N) is 1. The van der Waals surface area contributed by atoms with Crippen LogP contribution < -0.4 is 11.1 Å². The van der Waals surface area contributed by atoms with E-state index in [2.05, 4.69) is 53.8 Å². The van der Waals surface area contributed by atoms with Crippen LogP contribution in [-0.2, 0) is 24.9 Å². The lowest BCUT2D eigenvalue weighted by Crippen LogP contribution is -2.28. The molecule has 11 heteroatoms. The maximum absolute atomic E-state index is 9.55. The van der Waals surface area contributed by atoms with Crippen molar-refractivity contribution in [3.8, 4) is 0 Å². The molecule has 1 aliphatic heterocycles. The first-order chi connectivity index (χ1) is 16.6. The summed E-state index contributed by atoms with van der Waals surface area (Å²) in [5.74, 6) is -3.99. The van der Waals surface area contributed by atoms with Crippen LogP contribution in [0, 0.1) is 0 Å². The monoisotopic (exact) mass is 502 g/mol. The van der Waals surface area contributed by atoms with E-state index in [1.54, 1.807) is 0 Å². The Morgan fingerprint density at radius 1 is 0.800 bits per heavy atom. The highest BCUT2D eigenvalue weighted by molar-refractivity contribution is 7.98. The van der Waals surface area contributed by atoms with Crippen molar-refractivity contribution in [2.75, 3.05) is 13.1 Å². The molecule has 1 heterocycles. The van der Waals surface area contributed by atoms with Crippen molar-refractivity contribution in [1.82, 2.24) is 5.32 Å². The normalized spacial score (nSPS) is 13.8. The molecule has 0 fully saturated rings. The fraction of sp³-hybridized carbons (Fsp3) is 0.167. The SMILES string of the molecule is NCCNC1c2ccccc2CSc2ccccc21.O=C(O)/C=C/C(=O)O.O=C(O)/C=C/C(=O)O. The number of carboxylic acid groups (broad SMARTS) is 4. The summed E-state index contributed by atoms with van der Waals surface area (Å²) in [5, 5.41) is 34.8. The molecule has 1 aliphatic rings. The zero-order valence-electron chi connectivity index (χ0n) is 18.5. The fourth-order valence-corrected chi connectivity index (χ4v) is 3.95. The highest BCUT2D eigenvalue weighted by atomic mass is 32.2. The molecule has 0 bridgehead atoms. The molecule has 2 aromatic rings. The summed E-state index contributed by atoms with van der Waals surface area (Å²) >= 11 is 1.92. The van der Waals surface area contributed by atoms with Gasteiger partial charge in [0, 0.05) is 48.0 Å². The van der Waals surface area contributed by atoms with Crippen molar-refractivity contribution in [3.05, 3.63) is 89.5 Å². The van der Waals surface area contributed by atoms with E-state index in [9.17, 15) is 19.2 Å². The van der Waals surface area contributed by atoms with Crippen molar-refractivity contribution in [1.29, 1.82) is 0 Å². The zero-order chi connectivity index (χ0) is 26.2. The molecular weight excluding hydrogens is 476 g/mol. The van der Waals surface area contributed by atoms with Gasteiger partial charge in [-0.15, -0.1) is 11.8 Å². The molecule has 186 valence electrons. The molecule has 1 atom stereocenters. The number of carbonyl (C=O) groups is 4. The number of aliphatic carboxylic acids is 4. The van der Waals surface area contributed by atoms with Crippen LogP contribution in [0.5, 0.6) is 0 Å². The Kier molecular flexibility index (Phi) is 13.2. The lowest BCUT2D eigenvalue weighted by Gasteiger charge is -2.21. The van der Waals surface area contributed by atoms with Gasteiger partial charge in [0.15, 0.2) is 0 Å². The Bertz CT molecular complexity index is 971. The topological polar surface area (TPSA) is 187 Å². The van der Waals surface area contributed by atoms with Crippen LogP contribution in [0.15, 0.2) is 77.7 Å². The number of rotatable bonds is 7. The van der Waals surface area contributed by atoms with Crippen LogP contribution in [-0.4, -0.2) is 57.4 Å². The molecule has 3 rings (SSSR count). The summed E-state index contributed by atoms with van der Waals surface area (Å²) in [6.07, 6.45) is 2.23. The van der Waals surface area contributed by atoms with Gasteiger partial charge < -0.3 is 31.5 Å². The van der Waals surface area contributed by atoms with Crippen LogP contribution in [0.2, 0.25) is 0 Å². The molecule has 0 saturated heterocycles. The average Bonchev–Trinajstić information content (AvgIpc) is 2.98. The molecule has 35 heavy (non-hydrogen) atoms. The van der Waals surface area contributed by atoms with Crippen LogP contribution in [0.4, 0.5) is 0 Å². The van der Waals surface area contributed by atoms with Crippen molar-refractivity contribution in [2.24, 2.45) is 5.73 Å². The molecule has 0 aromatic heterocycles. The second-order valence-electron chi connectivity index (χ2n) is 6.72. The Balaban J connectivity index is 0.000000320. The van der Waals surface area contributed by atoms with Gasteiger partial charge in [-0.2, -0.15) is 0 Å². The van der Waals surface area contributed by atoms with E-state index in [0.29, 0.717) is 30.8 Å². The van der Waals surface area contributed by atoms with Crippen LogP contribution in [0.1, 0.15) is 22.7 Å². The molecule has 0 radical (unpaired) electrons. The third kappa shape index (κ3) is 11.7. The number of benzene rings is 2. The Morgan fingerprint density at radius 3 is 1.74 bits per heavy atom. The van der Waals surface area contributed by atoms with E-state index in [1.165, 1.54) is 21.6 Å². The maximum Gasteiger partial charge on any atom is 0.328 e. The maximum atomic E-state index is 9.55. The lowest BCUT2D eigenvalue weighted by atomic mass is 9.95. The van der Waals surface area contributed by atoms with Crippen LogP contribution in [0.3, 0.4) is 0 Å². The van der Waals surface area contributed by atoms with Crippen molar-refractivity contribution in [2.45, 2.75) is 16.7 Å². The fourth-order valence-electron chi connectivity index (χ4n) is 2.85. The molecule has 0 amide bonds. The van der Waals surface area contributed by atoms with Gasteiger partial charge in [0.2, 0.25) is 0 Å². The molecule has 10 nitrogen and oxygen atoms in total. The Morgan fingerprint density at radius 2 is 1.26 bits per heavy atom. The van der Waals surface area contributed by atoms with Gasteiger partial charge in [0.25, 0.3) is 0 Å². The summed E-state index contributed by atoms with van der Waals surface area (Å²) in [6, 6.07) is 17.6. The minimum atomic E-state index is -1.26. The third-order valence-corrected chi connectivity index (χ3v) is 5.35. The Hall–Kier alpha value is -3.93.